The first-order valence-electron chi connectivity index (χ1n) is 13.5. The molecule has 3 aromatic rings. The van der Waals surface area contributed by atoms with E-state index in [1.165, 1.54) is 35.2 Å². The van der Waals surface area contributed by atoms with E-state index in [-0.39, 0.29) is 53.8 Å². The van der Waals surface area contributed by atoms with Crippen molar-refractivity contribution < 1.29 is 32.2 Å². The summed E-state index contributed by atoms with van der Waals surface area (Å²) in [5, 5.41) is 9.93. The lowest BCUT2D eigenvalue weighted by Crippen LogP contribution is -2.50. The summed E-state index contributed by atoms with van der Waals surface area (Å²) in [7, 11) is 0.764. The van der Waals surface area contributed by atoms with E-state index in [1.807, 2.05) is 6.92 Å². The Morgan fingerprint density at radius 3 is 2.48 bits per heavy atom. The topological polar surface area (TPSA) is 120 Å². The fourth-order valence-corrected chi connectivity index (χ4v) is 5.89. The third kappa shape index (κ3) is 6.45. The van der Waals surface area contributed by atoms with E-state index in [1.54, 1.807) is 51.4 Å². The van der Waals surface area contributed by atoms with Crippen LogP contribution in [0.4, 0.5) is 4.39 Å². The minimum absolute atomic E-state index is 0.0311. The highest BCUT2D eigenvalue weighted by molar-refractivity contribution is 7.89. The maximum atomic E-state index is 13.8. The number of benzene rings is 2. The average molecular weight is 599 g/mol. The molecule has 0 radical (unpaired) electrons. The van der Waals surface area contributed by atoms with Crippen LogP contribution in [0.2, 0.25) is 0 Å². The van der Waals surface area contributed by atoms with Gasteiger partial charge in [0, 0.05) is 50.9 Å². The first-order valence-corrected chi connectivity index (χ1v) is 14.9. The molecule has 10 nitrogen and oxygen atoms in total. The summed E-state index contributed by atoms with van der Waals surface area (Å²) in [6.45, 7) is 3.39. The molecule has 0 aliphatic carbocycles. The Morgan fingerprint density at radius 1 is 1.14 bits per heavy atom. The van der Waals surface area contributed by atoms with Crippen LogP contribution in [0.25, 0.3) is 11.1 Å². The number of carbonyl (C=O) groups excluding carboxylic acids is 2. The molecule has 0 saturated heterocycles. The van der Waals surface area contributed by atoms with Gasteiger partial charge in [-0.15, -0.1) is 0 Å². The van der Waals surface area contributed by atoms with Gasteiger partial charge >= 0.3 is 0 Å². The Balaban J connectivity index is 1.72. The number of aromatic nitrogens is 1. The number of hydrogen-bond donors (Lipinski definition) is 1. The molecule has 1 aliphatic rings. The SMILES string of the molecule is C[C@H]1CN([C@@H](C)CO)C(=O)c2cc(-c3cccc(C(=O)N(C)C)c3)cnc2O[C@H]1CN(C)S(=O)(=O)c1ccc(F)cc1. The van der Waals surface area contributed by atoms with Gasteiger partial charge in [-0.05, 0) is 55.0 Å². The van der Waals surface area contributed by atoms with Crippen LogP contribution in [0.5, 0.6) is 5.88 Å². The van der Waals surface area contributed by atoms with Gasteiger partial charge in [0.05, 0.1) is 24.1 Å². The van der Waals surface area contributed by atoms with Crippen LogP contribution in [-0.2, 0) is 10.0 Å². The van der Waals surface area contributed by atoms with Crippen LogP contribution < -0.4 is 4.74 Å². The number of sulfonamides is 1. The van der Waals surface area contributed by atoms with Gasteiger partial charge in [0.25, 0.3) is 11.8 Å². The number of amides is 2. The molecule has 0 spiro atoms. The van der Waals surface area contributed by atoms with E-state index in [0.717, 1.165) is 16.4 Å². The average Bonchev–Trinajstić information content (AvgIpc) is 2.98. The van der Waals surface area contributed by atoms with Gasteiger partial charge in [0.2, 0.25) is 15.9 Å². The first kappa shape index (κ1) is 31.1. The van der Waals surface area contributed by atoms with Crippen LogP contribution in [0.3, 0.4) is 0 Å². The van der Waals surface area contributed by atoms with Crippen molar-refractivity contribution in [2.24, 2.45) is 5.92 Å². The van der Waals surface area contributed by atoms with Crippen LogP contribution in [0, 0.1) is 11.7 Å². The van der Waals surface area contributed by atoms with E-state index < -0.39 is 28.0 Å². The lowest BCUT2D eigenvalue weighted by molar-refractivity contribution is 0.0373. The standard InChI is InChI=1S/C30H35FN4O6S/c1-19-16-35(20(2)18-36)30(38)26-14-23(21-7-6-8-22(13-21)29(37)33(3)4)15-32-28(26)41-27(19)17-34(5)42(39,40)25-11-9-24(31)10-12-25/h6-15,19-20,27,36H,16-18H2,1-5H3/t19-,20-,27-/m0/s1. The van der Waals surface area contributed by atoms with Gasteiger partial charge in [-0.2, -0.15) is 4.31 Å². The summed E-state index contributed by atoms with van der Waals surface area (Å²) in [6, 6.07) is 12.6. The molecule has 0 unspecified atom stereocenters. The van der Waals surface area contributed by atoms with E-state index >= 15 is 0 Å². The van der Waals surface area contributed by atoms with Gasteiger partial charge in [0.1, 0.15) is 17.5 Å². The Hall–Kier alpha value is -3.87. The van der Waals surface area contributed by atoms with Crippen molar-refractivity contribution in [1.29, 1.82) is 0 Å². The molecule has 0 bridgehead atoms. The first-order chi connectivity index (χ1) is 19.8. The van der Waals surface area contributed by atoms with Gasteiger partial charge in [-0.25, -0.2) is 17.8 Å². The minimum Gasteiger partial charge on any atom is -0.472 e. The van der Waals surface area contributed by atoms with Crippen molar-refractivity contribution in [1.82, 2.24) is 19.1 Å². The molecular formula is C30H35FN4O6S. The highest BCUT2D eigenvalue weighted by atomic mass is 32.2. The Labute approximate surface area is 245 Å². The maximum absolute atomic E-state index is 13.8. The molecule has 224 valence electrons. The van der Waals surface area contributed by atoms with Crippen molar-refractivity contribution in [3.63, 3.8) is 0 Å². The van der Waals surface area contributed by atoms with Crippen molar-refractivity contribution in [3.05, 3.63) is 77.7 Å². The number of rotatable bonds is 8. The Morgan fingerprint density at radius 2 is 1.83 bits per heavy atom. The lowest BCUT2D eigenvalue weighted by Gasteiger charge is -2.37. The largest absolute Gasteiger partial charge is 0.472 e. The zero-order valence-corrected chi connectivity index (χ0v) is 25.0. The van der Waals surface area contributed by atoms with E-state index in [9.17, 15) is 27.5 Å². The second-order valence-corrected chi connectivity index (χ2v) is 12.8. The van der Waals surface area contributed by atoms with E-state index in [0.29, 0.717) is 16.7 Å². The monoisotopic (exact) mass is 598 g/mol. The van der Waals surface area contributed by atoms with Crippen molar-refractivity contribution in [3.8, 4) is 17.0 Å². The minimum atomic E-state index is -3.97. The third-order valence-corrected chi connectivity index (χ3v) is 9.17. The number of pyridine rings is 1. The summed E-state index contributed by atoms with van der Waals surface area (Å²) in [6.07, 6.45) is 0.817. The fraction of sp³-hybridized carbons (Fsp3) is 0.367. The molecule has 4 rings (SSSR count). The number of fused-ring (bicyclic) bond motifs is 1. The second-order valence-electron chi connectivity index (χ2n) is 10.7. The smallest absolute Gasteiger partial charge is 0.259 e. The highest BCUT2D eigenvalue weighted by Crippen LogP contribution is 2.31. The summed E-state index contributed by atoms with van der Waals surface area (Å²) < 4.78 is 47.2. The van der Waals surface area contributed by atoms with Crippen LogP contribution >= 0.6 is 0 Å². The number of nitrogens with zero attached hydrogens (tertiary/aromatic N) is 4. The van der Waals surface area contributed by atoms with Crippen LogP contribution in [-0.4, -0.2) is 97.4 Å². The zero-order chi connectivity index (χ0) is 30.8. The van der Waals surface area contributed by atoms with Crippen molar-refractivity contribution in [2.75, 3.05) is 40.8 Å². The van der Waals surface area contributed by atoms with Gasteiger partial charge < -0.3 is 19.6 Å². The van der Waals surface area contributed by atoms with Crippen LogP contribution in [0.1, 0.15) is 34.6 Å². The van der Waals surface area contributed by atoms with Gasteiger partial charge in [-0.1, -0.05) is 19.1 Å². The molecule has 1 aromatic heterocycles. The van der Waals surface area contributed by atoms with Crippen LogP contribution in [0.15, 0.2) is 65.7 Å². The lowest BCUT2D eigenvalue weighted by atomic mass is 9.99. The van der Waals surface area contributed by atoms with Gasteiger partial charge in [0.15, 0.2) is 0 Å². The number of aliphatic hydroxyl groups excluding tert-OH is 1. The number of halogens is 1. The Bertz CT molecular complexity index is 1560. The van der Waals surface area contributed by atoms with Crippen molar-refractivity contribution >= 4 is 21.8 Å². The summed E-state index contributed by atoms with van der Waals surface area (Å²) >= 11 is 0. The maximum Gasteiger partial charge on any atom is 0.259 e. The normalized spacial score (nSPS) is 18.1. The van der Waals surface area contributed by atoms with Gasteiger partial charge in [-0.3, -0.25) is 9.59 Å². The van der Waals surface area contributed by atoms with E-state index in [2.05, 4.69) is 4.98 Å². The number of carbonyl (C=O) groups is 2. The predicted molar refractivity (Wildman–Crippen MR) is 155 cm³/mol. The molecule has 3 atom stereocenters. The molecule has 2 heterocycles. The summed E-state index contributed by atoms with van der Waals surface area (Å²) in [4.78, 5) is 33.7. The molecule has 12 heteroatoms. The molecule has 1 aliphatic heterocycles. The second kappa shape index (κ2) is 12.6. The fourth-order valence-electron chi connectivity index (χ4n) is 4.71. The molecular weight excluding hydrogens is 563 g/mol. The number of likely N-dealkylation sites (N-methyl/N-ethyl adjacent to an activating group) is 1. The summed E-state index contributed by atoms with van der Waals surface area (Å²) in [5.41, 5.74) is 1.88. The zero-order valence-electron chi connectivity index (χ0n) is 24.2. The van der Waals surface area contributed by atoms with E-state index in [4.69, 9.17) is 4.74 Å². The Kier molecular flexibility index (Phi) is 9.29. The molecule has 2 aromatic carbocycles. The molecule has 2 amide bonds. The third-order valence-electron chi connectivity index (χ3n) is 7.33. The number of ether oxygens (including phenoxy) is 1. The predicted octanol–water partition coefficient (Wildman–Crippen LogP) is 3.13. The quantitative estimate of drug-likeness (QED) is 0.423. The number of hydrogen-bond acceptors (Lipinski definition) is 7. The number of aliphatic hydroxyl groups is 1. The molecule has 1 N–H and O–H groups in total. The molecule has 0 fully saturated rings. The van der Waals surface area contributed by atoms with Crippen molar-refractivity contribution in [2.45, 2.75) is 30.9 Å². The highest BCUT2D eigenvalue weighted by Gasteiger charge is 2.36. The summed E-state index contributed by atoms with van der Waals surface area (Å²) in [5.74, 6) is -1.43. The molecule has 0 saturated carbocycles. The molecule has 42 heavy (non-hydrogen) atoms.